The van der Waals surface area contributed by atoms with E-state index in [9.17, 15) is 14.7 Å². The number of amides is 2. The van der Waals surface area contributed by atoms with Gasteiger partial charge in [-0.2, -0.15) is 9.67 Å². The standard InChI is InChI=1S/C29H24Cl2N4O3/c1-16(2)25-23(28(37)35(32-25)20-11-12-21(30)22(31)14-20)24-26(33-13-5-6-18(4)15-33)29(38)34(27(24)36)19-9-7-17(3)8-10-19/h5-16H,1-4H3. The van der Waals surface area contributed by atoms with Crippen LogP contribution < -0.4 is 14.6 Å². The van der Waals surface area contributed by atoms with Crippen molar-refractivity contribution in [1.29, 1.82) is 0 Å². The molecule has 0 fully saturated rings. The lowest BCUT2D eigenvalue weighted by Gasteiger charge is -2.16. The van der Waals surface area contributed by atoms with Crippen molar-refractivity contribution in [3.63, 3.8) is 0 Å². The third-order valence-electron chi connectivity index (χ3n) is 6.37. The highest BCUT2D eigenvalue weighted by molar-refractivity contribution is 6.53. The number of anilines is 1. The first-order valence-electron chi connectivity index (χ1n) is 12.0. The molecule has 2 aromatic carbocycles. The van der Waals surface area contributed by atoms with E-state index in [-0.39, 0.29) is 27.8 Å². The highest BCUT2D eigenvalue weighted by Gasteiger charge is 2.47. The Hall–Kier alpha value is -3.94. The van der Waals surface area contributed by atoms with Gasteiger partial charge >= 0.3 is 5.91 Å². The molecule has 0 bridgehead atoms. The molecule has 0 saturated carbocycles. The molecule has 1 aliphatic rings. The van der Waals surface area contributed by atoms with Crippen molar-refractivity contribution >= 4 is 52.0 Å². The van der Waals surface area contributed by atoms with Gasteiger partial charge in [-0.15, -0.1) is 0 Å². The van der Waals surface area contributed by atoms with Crippen molar-refractivity contribution in [2.75, 3.05) is 4.90 Å². The first-order valence-corrected chi connectivity index (χ1v) is 12.8. The number of hydrogen-bond donors (Lipinski definition) is 0. The Labute approximate surface area is 230 Å². The Bertz CT molecular complexity index is 1640. The predicted octanol–water partition coefficient (Wildman–Crippen LogP) is 5.22. The molecule has 4 aromatic rings. The molecule has 0 atom stereocenters. The maximum absolute atomic E-state index is 14.1. The molecule has 3 heterocycles. The van der Waals surface area contributed by atoms with E-state index in [2.05, 4.69) is 5.10 Å². The fourth-order valence-corrected chi connectivity index (χ4v) is 4.79. The summed E-state index contributed by atoms with van der Waals surface area (Å²) in [4.78, 5) is 29.1. The fourth-order valence-electron chi connectivity index (χ4n) is 4.49. The lowest BCUT2D eigenvalue weighted by Crippen LogP contribution is -2.39. The van der Waals surface area contributed by atoms with Crippen molar-refractivity contribution < 1.29 is 19.3 Å². The smallest absolute Gasteiger partial charge is 0.331 e. The summed E-state index contributed by atoms with van der Waals surface area (Å²) in [6.07, 6.45) is 3.44. The lowest BCUT2D eigenvalue weighted by atomic mass is 9.98. The number of benzene rings is 2. The summed E-state index contributed by atoms with van der Waals surface area (Å²) in [7, 11) is 0. The average molecular weight is 547 g/mol. The number of imide groups is 1. The first-order chi connectivity index (χ1) is 18.1. The third-order valence-corrected chi connectivity index (χ3v) is 7.11. The minimum atomic E-state index is -0.587. The molecule has 5 rings (SSSR count). The summed E-state index contributed by atoms with van der Waals surface area (Å²) < 4.78 is 2.80. The quantitative estimate of drug-likeness (QED) is 0.253. The second-order valence-electron chi connectivity index (χ2n) is 9.52. The van der Waals surface area contributed by atoms with Crippen LogP contribution >= 0.6 is 23.2 Å². The Balaban J connectivity index is 1.79. The highest BCUT2D eigenvalue weighted by atomic mass is 35.5. The molecule has 0 saturated heterocycles. The van der Waals surface area contributed by atoms with Crippen LogP contribution in [0.15, 0.2) is 67.0 Å². The van der Waals surface area contributed by atoms with E-state index in [4.69, 9.17) is 23.2 Å². The monoisotopic (exact) mass is 546 g/mol. The topological polar surface area (TPSA) is 82.1 Å². The summed E-state index contributed by atoms with van der Waals surface area (Å²) >= 11 is 12.3. The van der Waals surface area contributed by atoms with Gasteiger partial charge in [0.2, 0.25) is 0 Å². The zero-order valence-corrected chi connectivity index (χ0v) is 22.7. The van der Waals surface area contributed by atoms with Crippen LogP contribution in [0, 0.1) is 13.8 Å². The molecule has 2 aromatic heterocycles. The number of nitrogens with zero attached hydrogens (tertiary/aromatic N) is 4. The van der Waals surface area contributed by atoms with Gasteiger partial charge < -0.3 is 5.11 Å². The normalized spacial score (nSPS) is 13.8. The Morgan fingerprint density at radius 2 is 1.58 bits per heavy atom. The summed E-state index contributed by atoms with van der Waals surface area (Å²) in [6.45, 7) is 7.56. The molecular formula is C29H24Cl2N4O3. The van der Waals surface area contributed by atoms with Crippen LogP contribution in [0.2, 0.25) is 10.0 Å². The van der Waals surface area contributed by atoms with Crippen LogP contribution in [0.3, 0.4) is 0 Å². The van der Waals surface area contributed by atoms with Crippen LogP contribution in [-0.4, -0.2) is 21.6 Å². The van der Waals surface area contributed by atoms with Crippen LogP contribution in [0.25, 0.3) is 17.0 Å². The minimum Gasteiger partial charge on any atom is -0.858 e. The molecule has 1 aliphatic heterocycles. The Kier molecular flexibility index (Phi) is 6.59. The maximum Gasteiger partial charge on any atom is 0.331 e. The number of aryl methyl sites for hydroxylation is 2. The van der Waals surface area contributed by atoms with Crippen LogP contribution in [0.1, 0.15) is 42.1 Å². The zero-order chi connectivity index (χ0) is 27.3. The molecular weight excluding hydrogens is 523 g/mol. The summed E-state index contributed by atoms with van der Waals surface area (Å²) in [5.74, 6) is -1.87. The van der Waals surface area contributed by atoms with Gasteiger partial charge in [0.25, 0.3) is 11.6 Å². The van der Waals surface area contributed by atoms with E-state index in [1.807, 2.05) is 45.9 Å². The molecule has 38 heavy (non-hydrogen) atoms. The largest absolute Gasteiger partial charge is 0.858 e. The van der Waals surface area contributed by atoms with Crippen molar-refractivity contribution in [3.05, 3.63) is 99.4 Å². The molecule has 0 aliphatic carbocycles. The fraction of sp³-hybridized carbons (Fsp3) is 0.172. The van der Waals surface area contributed by atoms with Crippen molar-refractivity contribution in [1.82, 2.24) is 9.78 Å². The summed E-state index contributed by atoms with van der Waals surface area (Å²) in [6, 6.07) is 15.5. The molecule has 7 nitrogen and oxygen atoms in total. The van der Waals surface area contributed by atoms with Crippen LogP contribution in [-0.2, 0) is 9.59 Å². The van der Waals surface area contributed by atoms with Crippen molar-refractivity contribution in [3.8, 4) is 11.6 Å². The number of halogens is 2. The number of pyridine rings is 1. The number of rotatable bonds is 5. The van der Waals surface area contributed by atoms with Gasteiger partial charge in [-0.3, -0.25) is 9.59 Å². The van der Waals surface area contributed by atoms with E-state index >= 15 is 0 Å². The van der Waals surface area contributed by atoms with Gasteiger partial charge in [-0.05, 0) is 62.0 Å². The third kappa shape index (κ3) is 4.27. The molecule has 0 radical (unpaired) electrons. The van der Waals surface area contributed by atoms with Crippen molar-refractivity contribution in [2.24, 2.45) is 0 Å². The van der Waals surface area contributed by atoms with E-state index in [1.165, 1.54) is 10.7 Å². The van der Waals surface area contributed by atoms with Crippen LogP contribution in [0.4, 0.5) is 5.69 Å². The van der Waals surface area contributed by atoms with Gasteiger partial charge in [0.15, 0.2) is 12.4 Å². The van der Waals surface area contributed by atoms with Gasteiger partial charge in [0.05, 0.1) is 27.1 Å². The van der Waals surface area contributed by atoms with Gasteiger partial charge in [0, 0.05) is 17.2 Å². The highest BCUT2D eigenvalue weighted by Crippen LogP contribution is 2.41. The van der Waals surface area contributed by atoms with Crippen molar-refractivity contribution in [2.45, 2.75) is 33.6 Å². The number of aromatic nitrogens is 3. The first kappa shape index (κ1) is 25.7. The number of carbonyl (C=O) groups excluding carboxylic acids is 2. The molecule has 0 spiro atoms. The van der Waals surface area contributed by atoms with E-state index < -0.39 is 17.7 Å². The Morgan fingerprint density at radius 3 is 2.21 bits per heavy atom. The number of carbonyl (C=O) groups is 2. The second kappa shape index (κ2) is 9.74. The summed E-state index contributed by atoms with van der Waals surface area (Å²) in [5.41, 5.74) is 3.26. The second-order valence-corrected chi connectivity index (χ2v) is 10.3. The van der Waals surface area contributed by atoms with Crippen LogP contribution in [0.5, 0.6) is 5.88 Å². The Morgan fingerprint density at radius 1 is 0.895 bits per heavy atom. The molecule has 0 N–H and O–H groups in total. The van der Waals surface area contributed by atoms with Gasteiger partial charge in [-0.25, -0.2) is 9.58 Å². The molecule has 0 unspecified atom stereocenters. The summed E-state index contributed by atoms with van der Waals surface area (Å²) in [5, 5.41) is 19.1. The lowest BCUT2D eigenvalue weighted by molar-refractivity contribution is -0.577. The SMILES string of the molecule is Cc1ccc(N2C(=O)C(c3c(C(C)C)nn(-c4ccc(Cl)c(Cl)c4)c3[O-])=C([n+]3cccc(C)c3)C2=O)cc1. The minimum absolute atomic E-state index is 0.00573. The number of hydrogen-bond acceptors (Lipinski definition) is 4. The van der Waals surface area contributed by atoms with Gasteiger partial charge in [0.1, 0.15) is 5.57 Å². The average Bonchev–Trinajstić information content (AvgIpc) is 3.34. The molecule has 192 valence electrons. The molecule has 9 heteroatoms. The zero-order valence-electron chi connectivity index (χ0n) is 21.2. The molecule has 2 amide bonds. The van der Waals surface area contributed by atoms with E-state index in [0.29, 0.717) is 22.1 Å². The van der Waals surface area contributed by atoms with E-state index in [1.54, 1.807) is 47.3 Å². The maximum atomic E-state index is 14.1. The van der Waals surface area contributed by atoms with Gasteiger partial charge in [-0.1, -0.05) is 54.7 Å². The predicted molar refractivity (Wildman–Crippen MR) is 145 cm³/mol. The van der Waals surface area contributed by atoms with E-state index in [0.717, 1.165) is 16.0 Å².